The maximum Gasteiger partial charge on any atom is -1.00 e. The molecule has 0 bridgehead atoms. The molecule has 0 aliphatic heterocycles. The van der Waals surface area contributed by atoms with Crippen LogP contribution in [0, 0.1) is 6.92 Å². The Hall–Kier alpha value is -0.817. The zero-order valence-corrected chi connectivity index (χ0v) is 17.3. The van der Waals surface area contributed by atoms with Crippen LogP contribution in [0.25, 0.3) is 14.2 Å². The van der Waals surface area contributed by atoms with Crippen molar-refractivity contribution in [3.63, 3.8) is 0 Å². The molecule has 1 saturated carbocycles. The average Bonchev–Trinajstić information content (AvgIpc) is 2.93. The number of benzene rings is 2. The van der Waals surface area contributed by atoms with E-state index in [2.05, 4.69) is 60.4 Å². The molecule has 0 spiro atoms. The van der Waals surface area contributed by atoms with E-state index in [1.54, 1.807) is 23.4 Å². The molecule has 1 fully saturated rings. The fourth-order valence-corrected chi connectivity index (χ4v) is 7.87. The number of rotatable bonds is 2. The number of fused-ring (bicyclic) bond motifs is 4. The maximum atomic E-state index is 3.72. The van der Waals surface area contributed by atoms with Crippen LogP contribution in [0.2, 0.25) is 0 Å². The van der Waals surface area contributed by atoms with Gasteiger partial charge in [-0.3, -0.25) is 0 Å². The van der Waals surface area contributed by atoms with E-state index in [0.717, 1.165) is 5.92 Å². The van der Waals surface area contributed by atoms with Crippen molar-refractivity contribution in [2.45, 2.75) is 25.7 Å². The van der Waals surface area contributed by atoms with Crippen LogP contribution in [-0.4, -0.2) is 4.98 Å². The van der Waals surface area contributed by atoms with Gasteiger partial charge in [0.05, 0.1) is 0 Å². The monoisotopic (exact) mass is 431 g/mol. The van der Waals surface area contributed by atoms with Crippen molar-refractivity contribution < 1.29 is 48.0 Å². The number of aryl methyl sites for hydroxylation is 1. The first-order valence-corrected chi connectivity index (χ1v) is 10.5. The van der Waals surface area contributed by atoms with Crippen molar-refractivity contribution >= 4 is 17.6 Å². The Balaban J connectivity index is 0.000000845. The van der Waals surface area contributed by atoms with Gasteiger partial charge in [0.2, 0.25) is 0 Å². The SMILES string of the molecule is Cc1[c]([Zr+2][C]2=C3CCC3c3ccccc32)[nH]c2ccccc12.[Cl-].[Cl-]. The molecule has 0 radical (unpaired) electrons. The number of hydrogen-bond acceptors (Lipinski definition) is 0. The van der Waals surface area contributed by atoms with E-state index in [0.29, 0.717) is 0 Å². The minimum Gasteiger partial charge on any atom is -1.00 e. The third kappa shape index (κ3) is 2.55. The largest absolute Gasteiger partial charge is 1.00 e. The molecule has 120 valence electrons. The molecule has 24 heavy (non-hydrogen) atoms. The van der Waals surface area contributed by atoms with E-state index < -0.39 is 23.2 Å². The molecule has 1 aromatic heterocycles. The molecule has 1 heterocycles. The van der Waals surface area contributed by atoms with E-state index in [4.69, 9.17) is 0 Å². The minimum absolute atomic E-state index is 0. The summed E-state index contributed by atoms with van der Waals surface area (Å²) in [6, 6.07) is 17.8. The third-order valence-electron chi connectivity index (χ3n) is 5.27. The molecule has 1 nitrogen and oxygen atoms in total. The summed E-state index contributed by atoms with van der Waals surface area (Å²) in [5.74, 6) is 0.761. The van der Waals surface area contributed by atoms with E-state index >= 15 is 0 Å². The van der Waals surface area contributed by atoms with Crippen molar-refractivity contribution in [3.05, 3.63) is 70.8 Å². The molecule has 4 heteroatoms. The van der Waals surface area contributed by atoms with Gasteiger partial charge in [-0.05, 0) is 0 Å². The first kappa shape index (κ1) is 18.0. The quantitative estimate of drug-likeness (QED) is 0.506. The molecule has 1 unspecified atom stereocenters. The molecule has 5 rings (SSSR count). The Labute approximate surface area is 166 Å². The van der Waals surface area contributed by atoms with Gasteiger partial charge >= 0.3 is 142 Å². The standard InChI is InChI=1S/C11H9.C9H8N.2ClH.Zr/c1-2-4-10-8(3-1)7-9-5-6-11(9)10;1-7-6-10-9-5-3-2-4-8(7)9;;;/h1-4,11H,5-6H2;2-5,10H,1H3;2*1H;/q;;;;+2/p-2. The number of allylic oxidation sites excluding steroid dienone is 1. The molecule has 3 aromatic rings. The first-order chi connectivity index (χ1) is 10.8. The van der Waals surface area contributed by atoms with Crippen LogP contribution in [0.4, 0.5) is 0 Å². The van der Waals surface area contributed by atoms with Crippen molar-refractivity contribution in [2.75, 3.05) is 0 Å². The van der Waals surface area contributed by atoms with Crippen LogP contribution in [0.5, 0.6) is 0 Å². The molecule has 2 aliphatic carbocycles. The van der Waals surface area contributed by atoms with Crippen molar-refractivity contribution in [1.29, 1.82) is 0 Å². The average molecular weight is 433 g/mol. The van der Waals surface area contributed by atoms with E-state index in [1.165, 1.54) is 29.3 Å². The Morgan fingerprint density at radius 3 is 2.50 bits per heavy atom. The smallest absolute Gasteiger partial charge is 1.00 e. The third-order valence-corrected chi connectivity index (χ3v) is 9.17. The van der Waals surface area contributed by atoms with Gasteiger partial charge < -0.3 is 24.8 Å². The van der Waals surface area contributed by atoms with Gasteiger partial charge in [-0.2, -0.15) is 0 Å². The summed E-state index contributed by atoms with van der Waals surface area (Å²) >= 11 is -0.767. The maximum absolute atomic E-state index is 3.72. The van der Waals surface area contributed by atoms with Gasteiger partial charge in [-0.1, -0.05) is 0 Å². The van der Waals surface area contributed by atoms with Crippen LogP contribution < -0.4 is 28.2 Å². The number of halogens is 2. The Morgan fingerprint density at radius 2 is 1.75 bits per heavy atom. The van der Waals surface area contributed by atoms with Gasteiger partial charge in [0, 0.05) is 0 Å². The molecule has 0 saturated heterocycles. The van der Waals surface area contributed by atoms with Crippen LogP contribution in [-0.2, 0) is 23.2 Å². The number of nitrogens with one attached hydrogen (secondary N) is 1. The molecule has 2 aliphatic rings. The summed E-state index contributed by atoms with van der Waals surface area (Å²) < 4.78 is 3.31. The Bertz CT molecular complexity index is 942. The summed E-state index contributed by atoms with van der Waals surface area (Å²) in [5.41, 5.74) is 7.73. The van der Waals surface area contributed by atoms with Gasteiger partial charge in [0.15, 0.2) is 0 Å². The number of aromatic amines is 1. The van der Waals surface area contributed by atoms with E-state index in [1.807, 2.05) is 0 Å². The molecular formula is C20H17Cl2NZr. The number of H-pyrrole nitrogens is 1. The van der Waals surface area contributed by atoms with Gasteiger partial charge in [0.25, 0.3) is 0 Å². The van der Waals surface area contributed by atoms with E-state index in [-0.39, 0.29) is 24.8 Å². The fraction of sp³-hybridized carbons (Fsp3) is 0.200. The van der Waals surface area contributed by atoms with Crippen LogP contribution in [0.15, 0.2) is 54.1 Å². The topological polar surface area (TPSA) is 15.8 Å². The number of hydrogen-bond donors (Lipinski definition) is 1. The molecular weight excluding hydrogens is 416 g/mol. The van der Waals surface area contributed by atoms with Crippen LogP contribution >= 0.6 is 0 Å². The van der Waals surface area contributed by atoms with E-state index in [9.17, 15) is 0 Å². The molecule has 1 N–H and O–H groups in total. The minimum atomic E-state index is -0.767. The predicted octanol–water partition coefficient (Wildman–Crippen LogP) is -1.51. The fourth-order valence-electron chi connectivity index (χ4n) is 3.96. The van der Waals surface area contributed by atoms with Crippen molar-refractivity contribution in [3.8, 4) is 0 Å². The summed E-state index contributed by atoms with van der Waals surface area (Å²) in [6.45, 7) is 2.29. The number of aromatic nitrogens is 1. The summed E-state index contributed by atoms with van der Waals surface area (Å²) in [7, 11) is 0. The summed E-state index contributed by atoms with van der Waals surface area (Å²) in [5, 5.41) is 1.40. The number of para-hydroxylation sites is 1. The summed E-state index contributed by atoms with van der Waals surface area (Å²) in [4.78, 5) is 3.72. The van der Waals surface area contributed by atoms with Gasteiger partial charge in [-0.15, -0.1) is 0 Å². The second kappa shape index (κ2) is 6.83. The molecule has 2 aromatic carbocycles. The Morgan fingerprint density at radius 1 is 1.00 bits per heavy atom. The molecule has 0 amide bonds. The van der Waals surface area contributed by atoms with Crippen molar-refractivity contribution in [2.24, 2.45) is 0 Å². The second-order valence-corrected chi connectivity index (χ2v) is 9.45. The zero-order chi connectivity index (χ0) is 14.7. The van der Waals surface area contributed by atoms with Crippen LogP contribution in [0.1, 0.15) is 35.4 Å². The van der Waals surface area contributed by atoms with Gasteiger partial charge in [-0.25, -0.2) is 0 Å². The van der Waals surface area contributed by atoms with Crippen molar-refractivity contribution in [1.82, 2.24) is 4.98 Å². The second-order valence-electron chi connectivity index (χ2n) is 6.37. The first-order valence-electron chi connectivity index (χ1n) is 7.99. The Kier molecular flexibility index (Phi) is 5.12. The normalized spacial score (nSPS) is 17.3. The predicted molar refractivity (Wildman–Crippen MR) is 88.0 cm³/mol. The van der Waals surface area contributed by atoms with Gasteiger partial charge in [0.1, 0.15) is 0 Å². The molecule has 1 atom stereocenters. The van der Waals surface area contributed by atoms with Crippen LogP contribution in [0.3, 0.4) is 0 Å². The summed E-state index contributed by atoms with van der Waals surface area (Å²) in [6.07, 6.45) is 2.69. The zero-order valence-electron chi connectivity index (χ0n) is 13.4.